The highest BCUT2D eigenvalue weighted by molar-refractivity contribution is 6.16. The van der Waals surface area contributed by atoms with Crippen molar-refractivity contribution in [3.05, 3.63) is 23.3 Å². The van der Waals surface area contributed by atoms with Gasteiger partial charge >= 0.3 is 17.9 Å². The van der Waals surface area contributed by atoms with Gasteiger partial charge in [-0.05, 0) is 50.5 Å². The zero-order valence-corrected chi connectivity index (χ0v) is 18.5. The summed E-state index contributed by atoms with van der Waals surface area (Å²) in [5.41, 5.74) is 0.875. The first-order chi connectivity index (χ1) is 14.6. The van der Waals surface area contributed by atoms with E-state index < -0.39 is 17.9 Å². The van der Waals surface area contributed by atoms with E-state index in [9.17, 15) is 14.4 Å². The summed E-state index contributed by atoms with van der Waals surface area (Å²) in [6, 6.07) is 0. The summed E-state index contributed by atoms with van der Waals surface area (Å²) in [5, 5.41) is 8.57. The second-order valence-electron chi connectivity index (χ2n) is 7.88. The number of carbonyl (C=O) groups is 3. The smallest absolute Gasteiger partial charge is 0.345 e. The monoisotopic (exact) mass is 422 g/mol. The molecule has 0 saturated heterocycles. The zero-order valence-electron chi connectivity index (χ0n) is 18.5. The van der Waals surface area contributed by atoms with E-state index in [4.69, 9.17) is 9.84 Å². The van der Waals surface area contributed by atoms with E-state index in [1.54, 1.807) is 0 Å². The molecule has 0 atom stereocenters. The molecule has 6 heteroatoms. The molecular weight excluding hydrogens is 384 g/mol. The summed E-state index contributed by atoms with van der Waals surface area (Å²) >= 11 is 0. The first-order valence-corrected chi connectivity index (χ1v) is 11.4. The fourth-order valence-electron chi connectivity index (χ4n) is 3.58. The number of hydrogen-bond acceptors (Lipinski definition) is 5. The average molecular weight is 423 g/mol. The third-order valence-electron chi connectivity index (χ3n) is 5.35. The van der Waals surface area contributed by atoms with Crippen molar-refractivity contribution in [2.24, 2.45) is 0 Å². The number of allylic oxidation sites excluding steroid dienone is 2. The molecule has 0 aromatic carbocycles. The van der Waals surface area contributed by atoms with Gasteiger partial charge < -0.3 is 14.6 Å². The fraction of sp³-hybridized carbons (Fsp3) is 0.708. The maximum atomic E-state index is 11.6. The van der Waals surface area contributed by atoms with Crippen LogP contribution in [-0.4, -0.2) is 36.7 Å². The number of ether oxygens (including phenoxy) is 2. The Labute approximate surface area is 180 Å². The molecule has 0 radical (unpaired) electrons. The molecule has 1 rings (SSSR count). The van der Waals surface area contributed by atoms with Crippen LogP contribution in [0.15, 0.2) is 23.3 Å². The van der Waals surface area contributed by atoms with E-state index in [1.165, 1.54) is 45.6 Å². The Hall–Kier alpha value is -2.11. The van der Waals surface area contributed by atoms with Gasteiger partial charge in [-0.2, -0.15) is 0 Å². The average Bonchev–Trinajstić information content (AvgIpc) is 3.09. The number of methoxy groups -OCH3 is 1. The Bertz CT molecular complexity index is 591. The molecule has 0 aliphatic carbocycles. The van der Waals surface area contributed by atoms with Crippen molar-refractivity contribution < 1.29 is 29.0 Å². The maximum Gasteiger partial charge on any atom is 0.345 e. The number of esters is 2. The summed E-state index contributed by atoms with van der Waals surface area (Å²) in [6.45, 7) is 0.223. The fourth-order valence-corrected chi connectivity index (χ4v) is 3.58. The molecule has 0 bridgehead atoms. The summed E-state index contributed by atoms with van der Waals surface area (Å²) < 4.78 is 9.60. The van der Waals surface area contributed by atoms with Crippen molar-refractivity contribution in [1.29, 1.82) is 0 Å². The van der Waals surface area contributed by atoms with Crippen molar-refractivity contribution in [2.75, 3.05) is 13.7 Å². The van der Waals surface area contributed by atoms with Crippen LogP contribution in [0.3, 0.4) is 0 Å². The van der Waals surface area contributed by atoms with E-state index in [1.807, 2.05) is 0 Å². The van der Waals surface area contributed by atoms with Gasteiger partial charge in [-0.3, -0.25) is 4.79 Å². The Balaban J connectivity index is 1.91. The third-order valence-corrected chi connectivity index (χ3v) is 5.35. The quantitative estimate of drug-likeness (QED) is 0.136. The van der Waals surface area contributed by atoms with Crippen LogP contribution in [0.25, 0.3) is 0 Å². The lowest BCUT2D eigenvalue weighted by molar-refractivity contribution is -0.143. The predicted molar refractivity (Wildman–Crippen MR) is 116 cm³/mol. The van der Waals surface area contributed by atoms with Crippen LogP contribution in [0.4, 0.5) is 0 Å². The summed E-state index contributed by atoms with van der Waals surface area (Å²) in [7, 11) is 1.28. The number of rotatable bonds is 18. The van der Waals surface area contributed by atoms with Crippen LogP contribution in [0.2, 0.25) is 0 Å². The predicted octanol–water partition coefficient (Wildman–Crippen LogP) is 5.51. The minimum Gasteiger partial charge on any atom is -0.481 e. The second kappa shape index (κ2) is 16.7. The molecule has 0 aromatic rings. The van der Waals surface area contributed by atoms with Gasteiger partial charge in [-0.15, -0.1) is 0 Å². The van der Waals surface area contributed by atoms with Gasteiger partial charge in [-0.1, -0.05) is 57.1 Å². The molecular formula is C24H38O6. The van der Waals surface area contributed by atoms with Gasteiger partial charge in [0, 0.05) is 6.42 Å². The normalized spacial score (nSPS) is 13.8. The third kappa shape index (κ3) is 11.8. The molecule has 1 aliphatic heterocycles. The largest absolute Gasteiger partial charge is 0.481 e. The lowest BCUT2D eigenvalue weighted by atomic mass is 10.0. The number of carboxylic acid groups (broad SMARTS) is 1. The maximum absolute atomic E-state index is 11.6. The summed E-state index contributed by atoms with van der Waals surface area (Å²) in [4.78, 5) is 33.6. The molecule has 0 saturated carbocycles. The Morgan fingerprint density at radius 3 is 2.00 bits per heavy atom. The number of hydrogen-bond donors (Lipinski definition) is 1. The molecule has 170 valence electrons. The highest BCUT2D eigenvalue weighted by atomic mass is 16.6. The van der Waals surface area contributed by atoms with Gasteiger partial charge in [-0.25, -0.2) is 9.59 Å². The van der Waals surface area contributed by atoms with Crippen molar-refractivity contribution in [3.8, 4) is 0 Å². The summed E-state index contributed by atoms with van der Waals surface area (Å²) in [5.74, 6) is -1.83. The molecule has 0 aromatic heterocycles. The standard InChI is InChI=1S/C24H38O6/c1-29-23(27)22-20(19-30-24(22)28)17-15-13-11-9-7-5-3-2-4-6-8-10-12-14-16-18-21(25)26/h2,4H,3,5-19H2,1H3,(H,25,26)/b4-2-. The van der Waals surface area contributed by atoms with E-state index in [0.29, 0.717) is 6.42 Å². The van der Waals surface area contributed by atoms with E-state index in [0.717, 1.165) is 56.9 Å². The molecule has 0 unspecified atom stereocenters. The van der Waals surface area contributed by atoms with E-state index in [-0.39, 0.29) is 12.2 Å². The highest BCUT2D eigenvalue weighted by Crippen LogP contribution is 2.23. The minimum atomic E-state index is -0.693. The second-order valence-corrected chi connectivity index (χ2v) is 7.88. The highest BCUT2D eigenvalue weighted by Gasteiger charge is 2.30. The number of unbranched alkanes of at least 4 members (excludes halogenated alkanes) is 11. The zero-order chi connectivity index (χ0) is 22.0. The first-order valence-electron chi connectivity index (χ1n) is 11.4. The molecule has 0 amide bonds. The van der Waals surface area contributed by atoms with Crippen molar-refractivity contribution in [3.63, 3.8) is 0 Å². The van der Waals surface area contributed by atoms with Gasteiger partial charge in [0.2, 0.25) is 0 Å². The van der Waals surface area contributed by atoms with Crippen LogP contribution in [0.5, 0.6) is 0 Å². The van der Waals surface area contributed by atoms with Crippen molar-refractivity contribution >= 4 is 17.9 Å². The minimum absolute atomic E-state index is 0.0995. The first kappa shape index (κ1) is 25.9. The lowest BCUT2D eigenvalue weighted by Crippen LogP contribution is -2.12. The molecule has 1 aliphatic rings. The topological polar surface area (TPSA) is 89.9 Å². The summed E-state index contributed by atoms with van der Waals surface area (Å²) in [6.07, 6.45) is 20.0. The van der Waals surface area contributed by atoms with Crippen LogP contribution in [0, 0.1) is 0 Å². The number of carboxylic acids is 1. The molecule has 30 heavy (non-hydrogen) atoms. The molecule has 6 nitrogen and oxygen atoms in total. The van der Waals surface area contributed by atoms with Crippen molar-refractivity contribution in [2.45, 2.75) is 96.3 Å². The van der Waals surface area contributed by atoms with Gasteiger partial charge in [0.1, 0.15) is 12.2 Å². The van der Waals surface area contributed by atoms with Gasteiger partial charge in [0.05, 0.1) is 7.11 Å². The Kier molecular flexibility index (Phi) is 14.4. The van der Waals surface area contributed by atoms with E-state index >= 15 is 0 Å². The Morgan fingerprint density at radius 1 is 0.900 bits per heavy atom. The molecule has 0 spiro atoms. The number of carbonyl (C=O) groups excluding carboxylic acids is 2. The SMILES string of the molecule is COC(=O)C1=C(CCCCCCCC/C=C\CCCCCCCC(=O)O)COC1=O. The van der Waals surface area contributed by atoms with Crippen LogP contribution >= 0.6 is 0 Å². The van der Waals surface area contributed by atoms with Gasteiger partial charge in [0.15, 0.2) is 0 Å². The number of aliphatic carboxylic acids is 1. The van der Waals surface area contributed by atoms with E-state index in [2.05, 4.69) is 16.9 Å². The number of cyclic esters (lactones) is 1. The lowest BCUT2D eigenvalue weighted by Gasteiger charge is -2.03. The van der Waals surface area contributed by atoms with Crippen LogP contribution in [-0.2, 0) is 23.9 Å². The molecule has 0 fully saturated rings. The van der Waals surface area contributed by atoms with Crippen molar-refractivity contribution in [1.82, 2.24) is 0 Å². The Morgan fingerprint density at radius 2 is 1.43 bits per heavy atom. The van der Waals surface area contributed by atoms with Gasteiger partial charge in [0.25, 0.3) is 0 Å². The molecule has 1 heterocycles. The van der Waals surface area contributed by atoms with Crippen LogP contribution < -0.4 is 0 Å². The van der Waals surface area contributed by atoms with Crippen LogP contribution in [0.1, 0.15) is 96.3 Å². The molecule has 1 N–H and O–H groups in total.